The van der Waals surface area contributed by atoms with Crippen LogP contribution >= 0.6 is 23.2 Å². The van der Waals surface area contributed by atoms with Gasteiger partial charge in [-0.15, -0.1) is 0 Å². The van der Waals surface area contributed by atoms with Gasteiger partial charge in [-0.1, -0.05) is 35.3 Å². The molecule has 0 aromatic heterocycles. The summed E-state index contributed by atoms with van der Waals surface area (Å²) in [6.07, 6.45) is 1.34. The number of nitrogens with zero attached hydrogens (tertiary/aromatic N) is 1. The normalized spacial score (nSPS) is 10.7. The van der Waals surface area contributed by atoms with Crippen molar-refractivity contribution in [3.05, 3.63) is 93.2 Å². The summed E-state index contributed by atoms with van der Waals surface area (Å²) in [5.41, 5.74) is 2.80. The fourth-order valence-corrected chi connectivity index (χ4v) is 3.02. The van der Waals surface area contributed by atoms with Gasteiger partial charge in [-0.25, -0.2) is 14.6 Å². The van der Waals surface area contributed by atoms with Crippen molar-refractivity contribution in [3.63, 3.8) is 0 Å². The minimum absolute atomic E-state index is 0.125. The molecule has 1 N–H and O–H groups in total. The van der Waals surface area contributed by atoms with Gasteiger partial charge in [0.1, 0.15) is 5.82 Å². The molecule has 0 unspecified atom stereocenters. The van der Waals surface area contributed by atoms with Crippen LogP contribution in [0.1, 0.15) is 26.3 Å². The van der Waals surface area contributed by atoms with E-state index in [-0.39, 0.29) is 27.6 Å². The Morgan fingerprint density at radius 2 is 1.77 bits per heavy atom. The molecule has 158 valence electrons. The number of ether oxygens (including phenoxy) is 2. The van der Waals surface area contributed by atoms with Crippen LogP contribution in [0.2, 0.25) is 10.0 Å². The zero-order valence-electron chi connectivity index (χ0n) is 16.1. The number of hydrogen-bond donors (Lipinski definition) is 1. The number of carbonyl (C=O) groups is 2. The lowest BCUT2D eigenvalue weighted by molar-refractivity contribution is 0.0729. The number of rotatable bonds is 6. The van der Waals surface area contributed by atoms with Crippen molar-refractivity contribution < 1.29 is 23.5 Å². The summed E-state index contributed by atoms with van der Waals surface area (Å²) < 4.78 is 24.2. The maximum atomic E-state index is 13.6. The first-order valence-corrected chi connectivity index (χ1v) is 9.58. The first kappa shape index (κ1) is 22.3. The highest BCUT2D eigenvalue weighted by atomic mass is 35.5. The first-order valence-electron chi connectivity index (χ1n) is 8.82. The van der Waals surface area contributed by atoms with E-state index in [1.165, 1.54) is 55.8 Å². The van der Waals surface area contributed by atoms with Gasteiger partial charge in [0.05, 0.1) is 29.5 Å². The molecule has 3 rings (SSSR count). The third-order valence-electron chi connectivity index (χ3n) is 4.04. The topological polar surface area (TPSA) is 77.0 Å². The fraction of sp³-hybridized carbons (Fsp3) is 0.0455. The van der Waals surface area contributed by atoms with Crippen LogP contribution in [0.5, 0.6) is 11.5 Å². The Morgan fingerprint density at radius 1 is 1.00 bits per heavy atom. The van der Waals surface area contributed by atoms with Gasteiger partial charge in [0.25, 0.3) is 5.91 Å². The van der Waals surface area contributed by atoms with Crippen molar-refractivity contribution in [2.45, 2.75) is 0 Å². The van der Waals surface area contributed by atoms with E-state index in [1.54, 1.807) is 18.2 Å². The summed E-state index contributed by atoms with van der Waals surface area (Å²) in [5.74, 6) is -1.61. The molecule has 3 aromatic rings. The number of benzene rings is 3. The Hall–Kier alpha value is -3.42. The highest BCUT2D eigenvalue weighted by molar-refractivity contribution is 6.36. The van der Waals surface area contributed by atoms with Crippen LogP contribution in [-0.4, -0.2) is 25.2 Å². The van der Waals surface area contributed by atoms with Crippen LogP contribution in [0.4, 0.5) is 4.39 Å². The molecule has 0 heterocycles. The maximum Gasteiger partial charge on any atom is 0.345 e. The molecule has 31 heavy (non-hydrogen) atoms. The molecule has 0 saturated heterocycles. The fourth-order valence-electron chi connectivity index (χ4n) is 2.53. The molecular weight excluding hydrogens is 446 g/mol. The zero-order valence-corrected chi connectivity index (χ0v) is 17.6. The number of nitrogens with one attached hydrogen (secondary N) is 1. The van der Waals surface area contributed by atoms with Gasteiger partial charge in [0, 0.05) is 5.02 Å². The van der Waals surface area contributed by atoms with Gasteiger partial charge in [-0.3, -0.25) is 4.79 Å². The van der Waals surface area contributed by atoms with Crippen LogP contribution in [0.3, 0.4) is 0 Å². The van der Waals surface area contributed by atoms with Crippen molar-refractivity contribution >= 4 is 41.3 Å². The summed E-state index contributed by atoms with van der Waals surface area (Å²) >= 11 is 11.9. The molecule has 0 aliphatic rings. The summed E-state index contributed by atoms with van der Waals surface area (Å²) in [6.45, 7) is 0. The third kappa shape index (κ3) is 5.59. The van der Waals surface area contributed by atoms with Crippen molar-refractivity contribution in [1.29, 1.82) is 0 Å². The van der Waals surface area contributed by atoms with Crippen LogP contribution < -0.4 is 14.9 Å². The first-order chi connectivity index (χ1) is 14.9. The van der Waals surface area contributed by atoms with Crippen molar-refractivity contribution in [3.8, 4) is 11.5 Å². The minimum Gasteiger partial charge on any atom is -0.493 e. The largest absolute Gasteiger partial charge is 0.493 e. The number of carbonyl (C=O) groups excluding carboxylic acids is 2. The van der Waals surface area contributed by atoms with E-state index in [1.807, 2.05) is 0 Å². The summed E-state index contributed by atoms with van der Waals surface area (Å²) in [5, 5.41) is 4.36. The number of esters is 1. The van der Waals surface area contributed by atoms with Crippen LogP contribution in [0.25, 0.3) is 0 Å². The molecule has 0 bridgehead atoms. The van der Waals surface area contributed by atoms with E-state index in [0.29, 0.717) is 10.6 Å². The van der Waals surface area contributed by atoms with Gasteiger partial charge < -0.3 is 9.47 Å². The molecule has 0 atom stereocenters. The highest BCUT2D eigenvalue weighted by Gasteiger charge is 2.16. The second-order valence-electron chi connectivity index (χ2n) is 6.10. The van der Waals surface area contributed by atoms with Crippen LogP contribution in [-0.2, 0) is 0 Å². The van der Waals surface area contributed by atoms with E-state index in [4.69, 9.17) is 32.7 Å². The Labute approximate surface area is 187 Å². The number of amides is 1. The quantitative estimate of drug-likeness (QED) is 0.239. The highest BCUT2D eigenvalue weighted by Crippen LogP contribution is 2.29. The van der Waals surface area contributed by atoms with Crippen molar-refractivity contribution in [2.75, 3.05) is 7.11 Å². The van der Waals surface area contributed by atoms with E-state index < -0.39 is 17.7 Å². The molecule has 3 aromatic carbocycles. The Morgan fingerprint density at radius 3 is 2.48 bits per heavy atom. The third-order valence-corrected chi connectivity index (χ3v) is 4.59. The van der Waals surface area contributed by atoms with Gasteiger partial charge >= 0.3 is 5.97 Å². The van der Waals surface area contributed by atoms with Gasteiger partial charge in [-0.2, -0.15) is 5.10 Å². The predicted molar refractivity (Wildman–Crippen MR) is 116 cm³/mol. The Balaban J connectivity index is 1.71. The molecule has 0 saturated carbocycles. The van der Waals surface area contributed by atoms with Gasteiger partial charge in [-0.05, 0) is 54.1 Å². The summed E-state index contributed by atoms with van der Waals surface area (Å²) in [4.78, 5) is 24.4. The lowest BCUT2D eigenvalue weighted by Crippen LogP contribution is -2.18. The lowest BCUT2D eigenvalue weighted by atomic mass is 10.2. The molecule has 0 fully saturated rings. The van der Waals surface area contributed by atoms with Crippen LogP contribution in [0.15, 0.2) is 65.8 Å². The lowest BCUT2D eigenvalue weighted by Gasteiger charge is -2.10. The molecule has 0 spiro atoms. The average Bonchev–Trinajstić information content (AvgIpc) is 2.74. The number of halogens is 3. The van der Waals surface area contributed by atoms with E-state index >= 15 is 0 Å². The smallest absolute Gasteiger partial charge is 0.345 e. The molecule has 6 nitrogen and oxygen atoms in total. The zero-order chi connectivity index (χ0) is 22.4. The number of methoxy groups -OCH3 is 1. The van der Waals surface area contributed by atoms with Crippen LogP contribution in [0, 0.1) is 5.82 Å². The van der Waals surface area contributed by atoms with Gasteiger partial charge in [0.2, 0.25) is 0 Å². The number of hydrazone groups is 1. The second kappa shape index (κ2) is 10.1. The minimum atomic E-state index is -0.688. The second-order valence-corrected chi connectivity index (χ2v) is 6.95. The molecule has 0 radical (unpaired) electrons. The predicted octanol–water partition coefficient (Wildman–Crippen LogP) is 5.12. The molecule has 1 amide bonds. The van der Waals surface area contributed by atoms with E-state index in [9.17, 15) is 14.0 Å². The Bertz CT molecular complexity index is 1170. The number of hydrogen-bond acceptors (Lipinski definition) is 5. The standard InChI is InChI=1S/C22H15Cl2FN2O4/c1-30-20-10-13(12-26-27-21(28)16-4-2-3-5-18(16)25)6-9-19(20)31-22(29)15-8-7-14(23)11-17(15)24/h2-12H,1H3,(H,27,28)/b26-12+. The molecule has 9 heteroatoms. The summed E-state index contributed by atoms with van der Waals surface area (Å²) in [7, 11) is 1.41. The molecule has 0 aliphatic heterocycles. The van der Waals surface area contributed by atoms with E-state index in [2.05, 4.69) is 10.5 Å². The SMILES string of the molecule is COc1cc(/C=N/NC(=O)c2ccccc2F)ccc1OC(=O)c1ccc(Cl)cc1Cl. The van der Waals surface area contributed by atoms with Crippen molar-refractivity contribution in [1.82, 2.24) is 5.43 Å². The maximum absolute atomic E-state index is 13.6. The monoisotopic (exact) mass is 460 g/mol. The van der Waals surface area contributed by atoms with Crippen molar-refractivity contribution in [2.24, 2.45) is 5.10 Å². The molecular formula is C22H15Cl2FN2O4. The Kier molecular flexibility index (Phi) is 7.23. The van der Waals surface area contributed by atoms with E-state index in [0.717, 1.165) is 0 Å². The summed E-state index contributed by atoms with van der Waals surface area (Å²) in [6, 6.07) is 14.6. The van der Waals surface area contributed by atoms with Gasteiger partial charge in [0.15, 0.2) is 11.5 Å². The molecule has 0 aliphatic carbocycles. The average molecular weight is 461 g/mol.